The van der Waals surface area contributed by atoms with E-state index in [1.54, 1.807) is 17.0 Å². The first kappa shape index (κ1) is 23.5. The highest BCUT2D eigenvalue weighted by Gasteiger charge is 2.24. The fourth-order valence-electron chi connectivity index (χ4n) is 4.49. The number of carbonyl (C=O) groups is 2. The predicted octanol–water partition coefficient (Wildman–Crippen LogP) is 4.31. The van der Waals surface area contributed by atoms with Crippen LogP contribution in [-0.4, -0.2) is 52.3 Å². The second-order valence-electron chi connectivity index (χ2n) is 8.79. The SMILES string of the molecule is CC(=O)c1ccc(N2CCN(C(=O)Cn3c(COc4ccccc4)nc4ccccc43)CC2)c(F)c1. The lowest BCUT2D eigenvalue weighted by molar-refractivity contribution is -0.132. The number of ether oxygens (including phenoxy) is 1. The van der Waals surface area contributed by atoms with E-state index in [4.69, 9.17) is 9.72 Å². The number of aromatic nitrogens is 2. The molecule has 36 heavy (non-hydrogen) atoms. The third-order valence-corrected chi connectivity index (χ3v) is 6.47. The lowest BCUT2D eigenvalue weighted by Gasteiger charge is -2.36. The smallest absolute Gasteiger partial charge is 0.242 e. The van der Waals surface area contributed by atoms with Crippen molar-refractivity contribution in [2.45, 2.75) is 20.1 Å². The van der Waals surface area contributed by atoms with Gasteiger partial charge in [-0.3, -0.25) is 9.59 Å². The predicted molar refractivity (Wildman–Crippen MR) is 136 cm³/mol. The molecule has 2 heterocycles. The first-order valence-corrected chi connectivity index (χ1v) is 11.9. The number of hydrogen-bond donors (Lipinski definition) is 0. The van der Waals surface area contributed by atoms with E-state index in [2.05, 4.69) is 0 Å². The van der Waals surface area contributed by atoms with E-state index in [0.717, 1.165) is 16.8 Å². The van der Waals surface area contributed by atoms with Crippen LogP contribution < -0.4 is 9.64 Å². The van der Waals surface area contributed by atoms with Crippen LogP contribution in [0, 0.1) is 5.82 Å². The van der Waals surface area contributed by atoms with Gasteiger partial charge in [0.25, 0.3) is 0 Å². The number of amides is 1. The molecule has 3 aromatic carbocycles. The fourth-order valence-corrected chi connectivity index (χ4v) is 4.49. The van der Waals surface area contributed by atoms with Crippen LogP contribution in [0.4, 0.5) is 10.1 Å². The van der Waals surface area contributed by atoms with Crippen LogP contribution in [0.5, 0.6) is 5.75 Å². The summed E-state index contributed by atoms with van der Waals surface area (Å²) in [6.45, 7) is 3.80. The van der Waals surface area contributed by atoms with Gasteiger partial charge in [0.05, 0.1) is 16.7 Å². The number of hydrogen-bond acceptors (Lipinski definition) is 5. The summed E-state index contributed by atoms with van der Waals surface area (Å²) in [4.78, 5) is 33.2. The van der Waals surface area contributed by atoms with Crippen LogP contribution >= 0.6 is 0 Å². The average Bonchev–Trinajstić information content (AvgIpc) is 3.25. The van der Waals surface area contributed by atoms with E-state index in [9.17, 15) is 14.0 Å². The fraction of sp³-hybridized carbons (Fsp3) is 0.250. The summed E-state index contributed by atoms with van der Waals surface area (Å²) in [5.74, 6) is 0.805. The number of fused-ring (bicyclic) bond motifs is 1. The van der Waals surface area contributed by atoms with E-state index < -0.39 is 5.82 Å². The first-order valence-electron chi connectivity index (χ1n) is 11.9. The van der Waals surface area contributed by atoms with Crippen molar-refractivity contribution < 1.29 is 18.7 Å². The quantitative estimate of drug-likeness (QED) is 0.364. The summed E-state index contributed by atoms with van der Waals surface area (Å²) in [6, 6.07) is 21.8. The molecule has 1 aliphatic rings. The summed E-state index contributed by atoms with van der Waals surface area (Å²) >= 11 is 0. The van der Waals surface area contributed by atoms with Gasteiger partial charge in [-0.1, -0.05) is 30.3 Å². The number of anilines is 1. The molecule has 0 spiro atoms. The van der Waals surface area contributed by atoms with Gasteiger partial charge < -0.3 is 19.1 Å². The molecule has 4 aromatic rings. The van der Waals surface area contributed by atoms with Crippen LogP contribution in [0.15, 0.2) is 72.8 Å². The van der Waals surface area contributed by atoms with Gasteiger partial charge in [0.2, 0.25) is 5.91 Å². The number of piperazine rings is 1. The minimum atomic E-state index is -0.421. The molecule has 1 aliphatic heterocycles. The van der Waals surface area contributed by atoms with Gasteiger partial charge >= 0.3 is 0 Å². The Morgan fingerprint density at radius 1 is 0.944 bits per heavy atom. The van der Waals surface area contributed by atoms with E-state index in [1.165, 1.54) is 13.0 Å². The van der Waals surface area contributed by atoms with Gasteiger partial charge in [-0.25, -0.2) is 9.37 Å². The molecule has 1 saturated heterocycles. The molecular formula is C28H27FN4O3. The zero-order valence-electron chi connectivity index (χ0n) is 20.1. The Bertz CT molecular complexity index is 1390. The van der Waals surface area contributed by atoms with Gasteiger partial charge in [0.15, 0.2) is 5.78 Å². The van der Waals surface area contributed by atoms with E-state index in [0.29, 0.717) is 43.3 Å². The molecule has 7 nitrogen and oxygen atoms in total. The number of carbonyl (C=O) groups excluding carboxylic acids is 2. The Morgan fingerprint density at radius 3 is 2.39 bits per heavy atom. The van der Waals surface area contributed by atoms with E-state index in [1.807, 2.05) is 64.1 Å². The van der Waals surface area contributed by atoms with Crippen molar-refractivity contribution in [3.63, 3.8) is 0 Å². The lowest BCUT2D eigenvalue weighted by Crippen LogP contribution is -2.50. The van der Waals surface area contributed by atoms with E-state index >= 15 is 0 Å². The van der Waals surface area contributed by atoms with Gasteiger partial charge in [-0.05, 0) is 49.4 Å². The molecule has 0 radical (unpaired) electrons. The van der Waals surface area contributed by atoms with Crippen molar-refractivity contribution in [3.8, 4) is 5.75 Å². The number of para-hydroxylation sites is 3. The van der Waals surface area contributed by atoms with Crippen molar-refractivity contribution in [3.05, 3.63) is 90.0 Å². The summed E-state index contributed by atoms with van der Waals surface area (Å²) < 4.78 is 22.4. The van der Waals surface area contributed by atoms with Gasteiger partial charge in [0.1, 0.15) is 30.5 Å². The molecule has 1 aromatic heterocycles. The van der Waals surface area contributed by atoms with Gasteiger partial charge in [-0.2, -0.15) is 0 Å². The maximum Gasteiger partial charge on any atom is 0.242 e. The molecule has 0 N–H and O–H groups in total. The molecule has 0 aliphatic carbocycles. The number of imidazole rings is 1. The molecule has 8 heteroatoms. The minimum absolute atomic E-state index is 0.0221. The molecule has 1 fully saturated rings. The average molecular weight is 487 g/mol. The van der Waals surface area contributed by atoms with Crippen LogP contribution in [0.2, 0.25) is 0 Å². The molecule has 0 atom stereocenters. The van der Waals surface area contributed by atoms with Crippen LogP contribution in [0.1, 0.15) is 23.1 Å². The third-order valence-electron chi connectivity index (χ3n) is 6.47. The summed E-state index contributed by atoms with van der Waals surface area (Å²) in [5.41, 5.74) is 2.49. The molecule has 0 bridgehead atoms. The molecular weight excluding hydrogens is 459 g/mol. The number of rotatable bonds is 7. The Labute approximate surface area is 208 Å². The van der Waals surface area contributed by atoms with Crippen molar-refractivity contribution in [2.24, 2.45) is 0 Å². The number of Topliss-reactive ketones (excluding diaryl/α,β-unsaturated/α-hetero) is 1. The van der Waals surface area contributed by atoms with Crippen molar-refractivity contribution >= 4 is 28.4 Å². The Kier molecular flexibility index (Phi) is 6.66. The molecule has 184 valence electrons. The maximum absolute atomic E-state index is 14.6. The van der Waals surface area contributed by atoms with Crippen LogP contribution in [0.25, 0.3) is 11.0 Å². The zero-order chi connectivity index (χ0) is 25.1. The molecule has 0 saturated carbocycles. The number of benzene rings is 3. The summed E-state index contributed by atoms with van der Waals surface area (Å²) in [5, 5.41) is 0. The van der Waals surface area contributed by atoms with Crippen molar-refractivity contribution in [1.29, 1.82) is 0 Å². The van der Waals surface area contributed by atoms with Crippen molar-refractivity contribution in [2.75, 3.05) is 31.1 Å². The largest absolute Gasteiger partial charge is 0.486 e. The second kappa shape index (κ2) is 10.2. The minimum Gasteiger partial charge on any atom is -0.486 e. The number of nitrogens with zero attached hydrogens (tertiary/aromatic N) is 4. The van der Waals surface area contributed by atoms with Crippen molar-refractivity contribution in [1.82, 2.24) is 14.5 Å². The highest BCUT2D eigenvalue weighted by atomic mass is 19.1. The standard InChI is InChI=1S/C28H27FN4O3/c1-20(34)21-11-12-25(23(29)17-21)31-13-15-32(16-14-31)28(35)18-33-26-10-6-5-9-24(26)30-27(33)19-36-22-7-3-2-4-8-22/h2-12,17H,13-16,18-19H2,1H3. The summed E-state index contributed by atoms with van der Waals surface area (Å²) in [7, 11) is 0. The maximum atomic E-state index is 14.6. The Hall–Kier alpha value is -4.20. The molecule has 5 rings (SSSR count). The van der Waals surface area contributed by atoms with Crippen LogP contribution in [-0.2, 0) is 17.9 Å². The number of halogens is 1. The zero-order valence-corrected chi connectivity index (χ0v) is 20.1. The van der Waals surface area contributed by atoms with Crippen LogP contribution in [0.3, 0.4) is 0 Å². The number of ketones is 1. The first-order chi connectivity index (χ1) is 17.5. The van der Waals surface area contributed by atoms with Gasteiger partial charge in [-0.15, -0.1) is 0 Å². The Morgan fingerprint density at radius 2 is 1.67 bits per heavy atom. The molecule has 1 amide bonds. The highest BCUT2D eigenvalue weighted by Crippen LogP contribution is 2.23. The normalized spacial score (nSPS) is 13.7. The third kappa shape index (κ3) is 4.93. The van der Waals surface area contributed by atoms with E-state index in [-0.39, 0.29) is 24.8 Å². The topological polar surface area (TPSA) is 67.7 Å². The Balaban J connectivity index is 1.27. The second-order valence-corrected chi connectivity index (χ2v) is 8.79. The highest BCUT2D eigenvalue weighted by molar-refractivity contribution is 5.94. The van der Waals surface area contributed by atoms with Gasteiger partial charge in [0, 0.05) is 31.7 Å². The summed E-state index contributed by atoms with van der Waals surface area (Å²) in [6.07, 6.45) is 0. The molecule has 0 unspecified atom stereocenters. The lowest BCUT2D eigenvalue weighted by atomic mass is 10.1. The monoisotopic (exact) mass is 486 g/mol.